The van der Waals surface area contributed by atoms with Crippen LogP contribution in [0.4, 0.5) is 13.2 Å². The van der Waals surface area contributed by atoms with Crippen molar-refractivity contribution in [2.45, 2.75) is 0 Å². The summed E-state index contributed by atoms with van der Waals surface area (Å²) in [5.74, 6) is -3.44. The molecule has 1 nitrogen and oxygen atoms in total. The topological polar surface area (TPSA) is 12.9 Å². The molecule has 0 N–H and O–H groups in total. The first-order chi connectivity index (χ1) is 7.02. The lowest BCUT2D eigenvalue weighted by Crippen LogP contribution is -1.94. The number of aromatic nitrogens is 1. The minimum atomic E-state index is -1.29. The highest BCUT2D eigenvalue weighted by Crippen LogP contribution is 2.33. The molecule has 78 valence electrons. The number of pyridine rings is 1. The number of benzene rings is 1. The van der Waals surface area contributed by atoms with Crippen LogP contribution in [0, 0.1) is 17.5 Å². The van der Waals surface area contributed by atoms with Gasteiger partial charge in [-0.15, -0.1) is 0 Å². The number of halogens is 5. The predicted molar refractivity (Wildman–Crippen MR) is 54.3 cm³/mol. The maximum Gasteiger partial charge on any atom is 0.169 e. The Morgan fingerprint density at radius 3 is 2.53 bits per heavy atom. The summed E-state index contributed by atoms with van der Waals surface area (Å²) in [6.45, 7) is 0. The van der Waals surface area contributed by atoms with Gasteiger partial charge in [-0.3, -0.25) is 4.98 Å². The Balaban J connectivity index is 3.04. The van der Waals surface area contributed by atoms with E-state index in [2.05, 4.69) is 20.9 Å². The zero-order chi connectivity index (χ0) is 11.2. The maximum absolute atomic E-state index is 13.3. The van der Waals surface area contributed by atoms with Crippen molar-refractivity contribution in [2.75, 3.05) is 0 Å². The van der Waals surface area contributed by atoms with Crippen molar-refractivity contribution in [1.82, 2.24) is 4.98 Å². The summed E-state index contributed by atoms with van der Waals surface area (Å²) >= 11 is 8.71. The third-order valence-electron chi connectivity index (χ3n) is 1.88. The summed E-state index contributed by atoms with van der Waals surface area (Å²) < 4.78 is 39.7. The normalized spacial score (nSPS) is 11.0. The molecule has 0 atom stereocenters. The van der Waals surface area contributed by atoms with Crippen LogP contribution >= 0.6 is 27.5 Å². The zero-order valence-electron chi connectivity index (χ0n) is 6.99. The van der Waals surface area contributed by atoms with Gasteiger partial charge in [-0.1, -0.05) is 11.6 Å². The zero-order valence-corrected chi connectivity index (χ0v) is 9.33. The van der Waals surface area contributed by atoms with E-state index in [0.29, 0.717) is 6.07 Å². The highest BCUT2D eigenvalue weighted by atomic mass is 79.9. The molecule has 0 aliphatic rings. The van der Waals surface area contributed by atoms with Crippen molar-refractivity contribution in [2.24, 2.45) is 0 Å². The molecule has 0 saturated carbocycles. The molecule has 0 bridgehead atoms. The lowest BCUT2D eigenvalue weighted by Gasteiger charge is -2.04. The number of hydrogen-bond acceptors (Lipinski definition) is 1. The summed E-state index contributed by atoms with van der Waals surface area (Å²) in [6.07, 6.45) is 1.23. The summed E-state index contributed by atoms with van der Waals surface area (Å²) in [7, 11) is 0. The molecule has 0 saturated heterocycles. The summed E-state index contributed by atoms with van der Waals surface area (Å²) in [4.78, 5) is 3.63. The molecule has 0 aliphatic carbocycles. The molecule has 2 aromatic rings. The van der Waals surface area contributed by atoms with E-state index < -0.39 is 17.5 Å². The van der Waals surface area contributed by atoms with E-state index in [9.17, 15) is 13.2 Å². The van der Waals surface area contributed by atoms with E-state index in [1.54, 1.807) is 0 Å². The fourth-order valence-electron chi connectivity index (χ4n) is 1.21. The highest BCUT2D eigenvalue weighted by molar-refractivity contribution is 9.10. The number of fused-ring (bicyclic) bond motifs is 1. The van der Waals surface area contributed by atoms with Gasteiger partial charge >= 0.3 is 0 Å². The van der Waals surface area contributed by atoms with Crippen molar-refractivity contribution in [3.8, 4) is 0 Å². The second kappa shape index (κ2) is 3.64. The Kier molecular flexibility index (Phi) is 2.60. The van der Waals surface area contributed by atoms with Crippen LogP contribution in [0.3, 0.4) is 0 Å². The third-order valence-corrected chi connectivity index (χ3v) is 3.10. The Morgan fingerprint density at radius 2 is 1.87 bits per heavy atom. The molecule has 0 spiro atoms. The molecular formula is C9H2BrClF3N. The van der Waals surface area contributed by atoms with Crippen molar-refractivity contribution < 1.29 is 13.2 Å². The Labute approximate surface area is 96.0 Å². The minimum absolute atomic E-state index is 0.101. The van der Waals surface area contributed by atoms with Crippen molar-refractivity contribution in [3.05, 3.63) is 39.2 Å². The lowest BCUT2D eigenvalue weighted by molar-refractivity contribution is 0.505. The fourth-order valence-corrected chi connectivity index (χ4v) is 1.73. The second-order valence-corrected chi connectivity index (χ2v) is 4.03. The molecule has 0 aliphatic heterocycles. The number of rotatable bonds is 0. The monoisotopic (exact) mass is 295 g/mol. The van der Waals surface area contributed by atoms with Crippen molar-refractivity contribution in [1.29, 1.82) is 0 Å². The largest absolute Gasteiger partial charge is 0.252 e. The summed E-state index contributed by atoms with van der Waals surface area (Å²) in [6, 6.07) is 0.439. The SMILES string of the molecule is Fc1cc(F)c2ncc(Br)c(Cl)c2c1F. The summed E-state index contributed by atoms with van der Waals surface area (Å²) in [5.41, 5.74) is -0.290. The standard InChI is InChI=1S/C9H2BrClF3N/c10-3-2-15-9-5(13)1-4(12)8(14)6(9)7(3)11/h1-2H. The van der Waals surface area contributed by atoms with Gasteiger partial charge in [-0.05, 0) is 15.9 Å². The molecule has 1 heterocycles. The van der Waals surface area contributed by atoms with E-state index in [1.807, 2.05) is 0 Å². The second-order valence-electron chi connectivity index (χ2n) is 2.80. The molecule has 0 fully saturated rings. The highest BCUT2D eigenvalue weighted by Gasteiger charge is 2.17. The van der Waals surface area contributed by atoms with E-state index in [0.717, 1.165) is 0 Å². The lowest BCUT2D eigenvalue weighted by atomic mass is 10.2. The first-order valence-corrected chi connectivity index (χ1v) is 4.96. The van der Waals surface area contributed by atoms with Crippen LogP contribution in [0.25, 0.3) is 10.9 Å². The quantitative estimate of drug-likeness (QED) is 0.668. The average molecular weight is 296 g/mol. The van der Waals surface area contributed by atoms with Crippen molar-refractivity contribution in [3.63, 3.8) is 0 Å². The van der Waals surface area contributed by atoms with Gasteiger partial charge < -0.3 is 0 Å². The number of hydrogen-bond donors (Lipinski definition) is 0. The van der Waals surface area contributed by atoms with Crippen LogP contribution in [0.5, 0.6) is 0 Å². The molecule has 2 rings (SSSR count). The average Bonchev–Trinajstić information content (AvgIpc) is 2.19. The summed E-state index contributed by atoms with van der Waals surface area (Å²) in [5, 5.41) is -0.459. The van der Waals surface area contributed by atoms with Gasteiger partial charge in [0.2, 0.25) is 0 Å². The molecule has 0 radical (unpaired) electrons. The van der Waals surface area contributed by atoms with Crippen LogP contribution in [-0.2, 0) is 0 Å². The van der Waals surface area contributed by atoms with Gasteiger partial charge in [-0.2, -0.15) is 0 Å². The van der Waals surface area contributed by atoms with Crippen LogP contribution in [-0.4, -0.2) is 4.98 Å². The van der Waals surface area contributed by atoms with Crippen LogP contribution < -0.4 is 0 Å². The first-order valence-electron chi connectivity index (χ1n) is 3.79. The van der Waals surface area contributed by atoms with Gasteiger partial charge in [0.25, 0.3) is 0 Å². The Morgan fingerprint density at radius 1 is 1.20 bits per heavy atom. The first kappa shape index (κ1) is 10.7. The molecule has 1 aromatic carbocycles. The van der Waals surface area contributed by atoms with Gasteiger partial charge in [0, 0.05) is 12.3 Å². The van der Waals surface area contributed by atoms with Gasteiger partial charge in [0.05, 0.1) is 14.9 Å². The predicted octanol–water partition coefficient (Wildman–Crippen LogP) is 4.07. The van der Waals surface area contributed by atoms with Crippen LogP contribution in [0.15, 0.2) is 16.7 Å². The van der Waals surface area contributed by atoms with Crippen molar-refractivity contribution >= 4 is 38.4 Å². The van der Waals surface area contributed by atoms with E-state index in [-0.39, 0.29) is 20.4 Å². The Bertz CT molecular complexity index is 551. The van der Waals surface area contributed by atoms with E-state index in [4.69, 9.17) is 11.6 Å². The van der Waals surface area contributed by atoms with E-state index >= 15 is 0 Å². The Hall–Kier alpha value is -0.810. The fraction of sp³-hybridized carbons (Fsp3) is 0. The van der Waals surface area contributed by atoms with Crippen LogP contribution in [0.2, 0.25) is 5.02 Å². The van der Waals surface area contributed by atoms with Gasteiger partial charge in [-0.25, -0.2) is 13.2 Å². The minimum Gasteiger partial charge on any atom is -0.252 e. The number of nitrogens with zero attached hydrogens (tertiary/aromatic N) is 1. The van der Waals surface area contributed by atoms with Gasteiger partial charge in [0.1, 0.15) is 5.52 Å². The molecule has 1 aromatic heterocycles. The molecule has 6 heteroatoms. The molecular weight excluding hydrogens is 294 g/mol. The van der Waals surface area contributed by atoms with Crippen LogP contribution in [0.1, 0.15) is 0 Å². The molecule has 0 unspecified atom stereocenters. The smallest absolute Gasteiger partial charge is 0.169 e. The molecule has 0 amide bonds. The third kappa shape index (κ3) is 1.59. The van der Waals surface area contributed by atoms with E-state index in [1.165, 1.54) is 6.20 Å². The maximum atomic E-state index is 13.3. The molecule has 15 heavy (non-hydrogen) atoms. The van der Waals surface area contributed by atoms with Gasteiger partial charge in [0.15, 0.2) is 17.5 Å².